The number of benzene rings is 1. The molecule has 2 amide bonds. The predicted octanol–water partition coefficient (Wildman–Crippen LogP) is 1.21. The van der Waals surface area contributed by atoms with Gasteiger partial charge in [-0.15, -0.1) is 0 Å². The number of carbonyl (C=O) groups excluding carboxylic acids is 2. The first-order valence-corrected chi connectivity index (χ1v) is 8.91. The summed E-state index contributed by atoms with van der Waals surface area (Å²) in [5, 5.41) is 4.32. The van der Waals surface area contributed by atoms with Crippen molar-refractivity contribution in [2.24, 2.45) is 0 Å². The van der Waals surface area contributed by atoms with Gasteiger partial charge in [0, 0.05) is 37.8 Å². The minimum atomic E-state index is -0.363. The second-order valence-corrected chi connectivity index (χ2v) is 6.15. The first kappa shape index (κ1) is 18.6. The summed E-state index contributed by atoms with van der Waals surface area (Å²) in [6.45, 7) is 3.60. The molecule has 1 fully saturated rings. The van der Waals surface area contributed by atoms with Gasteiger partial charge in [0.2, 0.25) is 5.91 Å². The first-order valence-electron chi connectivity index (χ1n) is 8.91. The number of aromatic nitrogens is 2. The lowest BCUT2D eigenvalue weighted by molar-refractivity contribution is -0.133. The summed E-state index contributed by atoms with van der Waals surface area (Å²) in [5.74, 6) is -0.196. The van der Waals surface area contributed by atoms with Gasteiger partial charge in [-0.1, -0.05) is 30.3 Å². The highest BCUT2D eigenvalue weighted by Gasteiger charge is 2.25. The van der Waals surface area contributed by atoms with E-state index in [-0.39, 0.29) is 24.1 Å². The Kier molecular flexibility index (Phi) is 5.85. The maximum absolute atomic E-state index is 12.6. The highest BCUT2D eigenvalue weighted by atomic mass is 16.6. The fourth-order valence-corrected chi connectivity index (χ4v) is 2.91. The molecule has 0 N–H and O–H groups in total. The molecule has 8 nitrogen and oxygen atoms in total. The van der Waals surface area contributed by atoms with Gasteiger partial charge in [0.25, 0.3) is 5.56 Å². The van der Waals surface area contributed by atoms with E-state index in [1.807, 2.05) is 30.3 Å². The molecule has 0 spiro atoms. The number of nitrogens with zero attached hydrogens (tertiary/aromatic N) is 4. The quantitative estimate of drug-likeness (QED) is 0.808. The minimum absolute atomic E-state index is 0.126. The average molecular weight is 370 g/mol. The van der Waals surface area contributed by atoms with Crippen molar-refractivity contribution in [1.29, 1.82) is 0 Å². The summed E-state index contributed by atoms with van der Waals surface area (Å²) in [6.07, 6.45) is -0.363. The van der Waals surface area contributed by atoms with Gasteiger partial charge in [-0.3, -0.25) is 9.59 Å². The Hall–Kier alpha value is -3.16. The average Bonchev–Trinajstić information content (AvgIpc) is 2.70. The third-order valence-corrected chi connectivity index (χ3v) is 4.38. The standard InChI is InChI=1S/C19H22N4O4/c1-2-27-19(26)22-12-10-21(11-13-22)18(25)14-23-17(24)9-8-16(20-23)15-6-4-3-5-7-15/h3-9H,2,10-14H2,1H3. The zero-order valence-corrected chi connectivity index (χ0v) is 15.2. The lowest BCUT2D eigenvalue weighted by atomic mass is 10.1. The van der Waals surface area contributed by atoms with Crippen LogP contribution in [-0.2, 0) is 16.1 Å². The van der Waals surface area contributed by atoms with E-state index < -0.39 is 0 Å². The zero-order valence-electron chi connectivity index (χ0n) is 15.2. The first-order chi connectivity index (χ1) is 13.1. The van der Waals surface area contributed by atoms with Crippen LogP contribution in [0.25, 0.3) is 11.3 Å². The molecule has 8 heteroatoms. The summed E-state index contributed by atoms with van der Waals surface area (Å²) >= 11 is 0. The Morgan fingerprint density at radius 1 is 1.00 bits per heavy atom. The minimum Gasteiger partial charge on any atom is -0.450 e. The molecule has 0 atom stereocenters. The van der Waals surface area contributed by atoms with Crippen LogP contribution in [0.2, 0.25) is 0 Å². The normalized spacial score (nSPS) is 14.1. The van der Waals surface area contributed by atoms with Crippen molar-refractivity contribution in [3.8, 4) is 11.3 Å². The van der Waals surface area contributed by atoms with Crippen molar-refractivity contribution in [3.63, 3.8) is 0 Å². The van der Waals surface area contributed by atoms with Crippen LogP contribution < -0.4 is 5.56 Å². The molecule has 0 unspecified atom stereocenters. The van der Waals surface area contributed by atoms with Crippen molar-refractivity contribution in [2.45, 2.75) is 13.5 Å². The molecule has 2 heterocycles. The zero-order chi connectivity index (χ0) is 19.2. The largest absolute Gasteiger partial charge is 0.450 e. The van der Waals surface area contributed by atoms with Crippen LogP contribution in [0.4, 0.5) is 4.79 Å². The predicted molar refractivity (Wildman–Crippen MR) is 99.1 cm³/mol. The maximum atomic E-state index is 12.6. The topological polar surface area (TPSA) is 84.7 Å². The van der Waals surface area contributed by atoms with E-state index in [9.17, 15) is 14.4 Å². The molecular formula is C19H22N4O4. The Balaban J connectivity index is 1.65. The summed E-state index contributed by atoms with van der Waals surface area (Å²) in [4.78, 5) is 39.6. The lowest BCUT2D eigenvalue weighted by Gasteiger charge is -2.34. The van der Waals surface area contributed by atoms with Crippen molar-refractivity contribution in [2.75, 3.05) is 32.8 Å². The van der Waals surface area contributed by atoms with Gasteiger partial charge in [-0.25, -0.2) is 9.48 Å². The van der Waals surface area contributed by atoms with Gasteiger partial charge < -0.3 is 14.5 Å². The van der Waals surface area contributed by atoms with Crippen LogP contribution in [0, 0.1) is 0 Å². The van der Waals surface area contributed by atoms with Crippen LogP contribution in [-0.4, -0.2) is 64.4 Å². The molecule has 0 saturated carbocycles. The summed E-state index contributed by atoms with van der Waals surface area (Å²) in [6, 6.07) is 12.5. The second-order valence-electron chi connectivity index (χ2n) is 6.15. The summed E-state index contributed by atoms with van der Waals surface area (Å²) in [7, 11) is 0. The number of rotatable bonds is 4. The van der Waals surface area contributed by atoms with E-state index in [2.05, 4.69) is 5.10 Å². The molecular weight excluding hydrogens is 348 g/mol. The number of hydrogen-bond donors (Lipinski definition) is 0. The molecule has 2 aromatic rings. The molecule has 27 heavy (non-hydrogen) atoms. The van der Waals surface area contributed by atoms with E-state index in [4.69, 9.17) is 4.74 Å². The molecule has 1 saturated heterocycles. The van der Waals surface area contributed by atoms with Gasteiger partial charge in [0.1, 0.15) is 6.54 Å². The molecule has 0 radical (unpaired) electrons. The molecule has 3 rings (SSSR count). The fraction of sp³-hybridized carbons (Fsp3) is 0.368. The number of piperazine rings is 1. The smallest absolute Gasteiger partial charge is 0.409 e. The van der Waals surface area contributed by atoms with Gasteiger partial charge in [0.15, 0.2) is 0 Å². The molecule has 1 aliphatic rings. The second kappa shape index (κ2) is 8.48. The fourth-order valence-electron chi connectivity index (χ4n) is 2.91. The van der Waals surface area contributed by atoms with Gasteiger partial charge in [0.05, 0.1) is 12.3 Å². The highest BCUT2D eigenvalue weighted by Crippen LogP contribution is 2.14. The molecule has 1 aromatic carbocycles. The Morgan fingerprint density at radius 2 is 1.67 bits per heavy atom. The number of carbonyl (C=O) groups is 2. The van der Waals surface area contributed by atoms with Crippen LogP contribution in [0.1, 0.15) is 6.92 Å². The number of ether oxygens (including phenoxy) is 1. The van der Waals surface area contributed by atoms with Gasteiger partial charge in [-0.2, -0.15) is 5.10 Å². The van der Waals surface area contributed by atoms with E-state index in [0.717, 1.165) is 5.56 Å². The van der Waals surface area contributed by atoms with E-state index >= 15 is 0 Å². The Morgan fingerprint density at radius 3 is 2.33 bits per heavy atom. The Labute approximate surface area is 157 Å². The molecule has 0 bridgehead atoms. The van der Waals surface area contributed by atoms with Gasteiger partial charge >= 0.3 is 6.09 Å². The van der Waals surface area contributed by atoms with Crippen molar-refractivity contribution in [1.82, 2.24) is 19.6 Å². The van der Waals surface area contributed by atoms with Gasteiger partial charge in [-0.05, 0) is 13.0 Å². The highest BCUT2D eigenvalue weighted by molar-refractivity contribution is 5.76. The van der Waals surface area contributed by atoms with E-state index in [0.29, 0.717) is 38.5 Å². The van der Waals surface area contributed by atoms with E-state index in [1.165, 1.54) is 10.7 Å². The van der Waals surface area contributed by atoms with Crippen LogP contribution >= 0.6 is 0 Å². The third kappa shape index (κ3) is 4.52. The van der Waals surface area contributed by atoms with Crippen LogP contribution in [0.15, 0.2) is 47.3 Å². The maximum Gasteiger partial charge on any atom is 0.409 e. The van der Waals surface area contributed by atoms with Crippen molar-refractivity contribution >= 4 is 12.0 Å². The monoisotopic (exact) mass is 370 g/mol. The molecule has 1 aliphatic heterocycles. The summed E-state index contributed by atoms with van der Waals surface area (Å²) < 4.78 is 6.15. The number of hydrogen-bond acceptors (Lipinski definition) is 5. The Bertz CT molecular complexity index is 858. The van der Waals surface area contributed by atoms with Crippen molar-refractivity contribution in [3.05, 3.63) is 52.8 Å². The van der Waals surface area contributed by atoms with E-state index in [1.54, 1.807) is 22.8 Å². The van der Waals surface area contributed by atoms with Crippen molar-refractivity contribution < 1.29 is 14.3 Å². The number of amides is 2. The SMILES string of the molecule is CCOC(=O)N1CCN(C(=O)Cn2nc(-c3ccccc3)ccc2=O)CC1. The molecule has 0 aliphatic carbocycles. The molecule has 142 valence electrons. The third-order valence-electron chi connectivity index (χ3n) is 4.38. The van der Waals surface area contributed by atoms with Crippen LogP contribution in [0.5, 0.6) is 0 Å². The van der Waals surface area contributed by atoms with Crippen LogP contribution in [0.3, 0.4) is 0 Å². The lowest BCUT2D eigenvalue weighted by Crippen LogP contribution is -2.51. The summed E-state index contributed by atoms with van der Waals surface area (Å²) in [5.41, 5.74) is 1.19. The molecule has 1 aromatic heterocycles.